The Hall–Kier alpha value is -2.49. The minimum atomic E-state index is -3.76. The average molecular weight is 458 g/mol. The zero-order valence-corrected chi connectivity index (χ0v) is 19.5. The molecule has 0 amide bonds. The Morgan fingerprint density at radius 2 is 2.03 bits per heavy atom. The fourth-order valence-corrected chi connectivity index (χ4v) is 5.64. The Morgan fingerprint density at radius 3 is 2.71 bits per heavy atom. The Kier molecular flexibility index (Phi) is 6.27. The van der Waals surface area contributed by atoms with Crippen LogP contribution in [0.5, 0.6) is 0 Å². The van der Waals surface area contributed by atoms with E-state index in [1.54, 1.807) is 23.2 Å². The molecule has 1 N–H and O–H groups in total. The second kappa shape index (κ2) is 8.94. The highest BCUT2D eigenvalue weighted by Gasteiger charge is 2.30. The van der Waals surface area contributed by atoms with E-state index < -0.39 is 10.0 Å². The van der Waals surface area contributed by atoms with Crippen LogP contribution in [-0.4, -0.2) is 49.5 Å². The number of aryl methyl sites for hydroxylation is 1. The number of anilines is 2. The molecular weight excluding hydrogens is 430 g/mol. The van der Waals surface area contributed by atoms with E-state index in [0.717, 1.165) is 30.8 Å². The van der Waals surface area contributed by atoms with Gasteiger partial charge >= 0.3 is 0 Å². The maximum absolute atomic E-state index is 12.6. The first-order chi connectivity index (χ1) is 14.8. The normalized spacial score (nSPS) is 18.1. The molecule has 1 aliphatic heterocycles. The summed E-state index contributed by atoms with van der Waals surface area (Å²) in [6, 6.07) is 12.9. The molecule has 7 nitrogen and oxygen atoms in total. The molecular formula is C22H27N5O2S2. The SMILES string of the molecule is Cc1cc(S(=O)(=O)Nc2cscn2)ncc1N(C)[C@H]1CCN([C@H](C)c2ccccc2)C1. The van der Waals surface area contributed by atoms with E-state index in [0.29, 0.717) is 17.9 Å². The molecule has 9 heteroatoms. The minimum Gasteiger partial charge on any atom is -0.369 e. The number of rotatable bonds is 7. The standard InChI is InChI=1S/C22H27N5O2S2/c1-16-11-22(31(28,29)25-21-14-30-15-24-21)23-12-20(16)26(3)19-9-10-27(13-19)17(2)18-7-5-4-6-8-18/h4-8,11-12,14-15,17,19,25H,9-10,13H2,1-3H3/t17-,19+/m1/s1. The summed E-state index contributed by atoms with van der Waals surface area (Å²) in [6.45, 7) is 6.16. The van der Waals surface area contributed by atoms with Crippen LogP contribution >= 0.6 is 11.3 Å². The lowest BCUT2D eigenvalue weighted by Gasteiger charge is -2.30. The van der Waals surface area contributed by atoms with Crippen molar-refractivity contribution in [3.05, 3.63) is 64.6 Å². The summed E-state index contributed by atoms with van der Waals surface area (Å²) < 4.78 is 27.7. The third-order valence-electron chi connectivity index (χ3n) is 5.96. The third-order valence-corrected chi connectivity index (χ3v) is 7.80. The summed E-state index contributed by atoms with van der Waals surface area (Å²) in [5.41, 5.74) is 4.74. The van der Waals surface area contributed by atoms with E-state index in [4.69, 9.17) is 0 Å². The van der Waals surface area contributed by atoms with Crippen LogP contribution in [0.2, 0.25) is 0 Å². The summed E-state index contributed by atoms with van der Waals surface area (Å²) in [6.07, 6.45) is 2.72. The average Bonchev–Trinajstić information content (AvgIpc) is 3.45. The van der Waals surface area contributed by atoms with Gasteiger partial charge in [-0.05, 0) is 37.5 Å². The first-order valence-electron chi connectivity index (χ1n) is 10.2. The van der Waals surface area contributed by atoms with Crippen molar-refractivity contribution in [1.82, 2.24) is 14.9 Å². The van der Waals surface area contributed by atoms with Gasteiger partial charge in [0.05, 0.1) is 17.4 Å². The van der Waals surface area contributed by atoms with Gasteiger partial charge in [0.1, 0.15) is 0 Å². The van der Waals surface area contributed by atoms with Crippen LogP contribution in [-0.2, 0) is 10.0 Å². The van der Waals surface area contributed by atoms with Crippen molar-refractivity contribution >= 4 is 32.9 Å². The molecule has 0 bridgehead atoms. The number of thiazole rings is 1. The summed E-state index contributed by atoms with van der Waals surface area (Å²) in [5, 5.41) is 1.65. The van der Waals surface area contributed by atoms with Gasteiger partial charge in [0.15, 0.2) is 10.8 Å². The van der Waals surface area contributed by atoms with Crippen LogP contribution in [0.25, 0.3) is 0 Å². The molecule has 0 unspecified atom stereocenters. The molecule has 0 spiro atoms. The number of benzene rings is 1. The Bertz CT molecular complexity index is 1120. The first-order valence-corrected chi connectivity index (χ1v) is 12.7. The number of likely N-dealkylation sites (N-methyl/N-ethyl adjacent to an activating group) is 1. The molecule has 1 aliphatic rings. The van der Waals surface area contributed by atoms with Crippen molar-refractivity contribution in [2.75, 3.05) is 29.8 Å². The van der Waals surface area contributed by atoms with Crippen LogP contribution in [0.4, 0.5) is 11.5 Å². The number of pyridine rings is 1. The number of hydrogen-bond donors (Lipinski definition) is 1. The summed E-state index contributed by atoms with van der Waals surface area (Å²) >= 11 is 1.33. The molecule has 3 heterocycles. The maximum Gasteiger partial charge on any atom is 0.280 e. The highest BCUT2D eigenvalue weighted by atomic mass is 32.2. The molecule has 0 saturated carbocycles. The lowest BCUT2D eigenvalue weighted by atomic mass is 10.1. The summed E-state index contributed by atoms with van der Waals surface area (Å²) in [7, 11) is -1.70. The first kappa shape index (κ1) is 21.7. The van der Waals surface area contributed by atoms with Crippen LogP contribution in [0, 0.1) is 6.92 Å². The lowest BCUT2D eigenvalue weighted by Crippen LogP contribution is -2.35. The fraction of sp³-hybridized carbons (Fsp3) is 0.364. The van der Waals surface area contributed by atoms with Crippen molar-refractivity contribution in [2.24, 2.45) is 0 Å². The van der Waals surface area contributed by atoms with Crippen molar-refractivity contribution in [2.45, 2.75) is 37.4 Å². The molecule has 164 valence electrons. The summed E-state index contributed by atoms with van der Waals surface area (Å²) in [5.74, 6) is 0.309. The molecule has 0 radical (unpaired) electrons. The zero-order chi connectivity index (χ0) is 22.0. The number of likely N-dealkylation sites (tertiary alicyclic amines) is 1. The van der Waals surface area contributed by atoms with Gasteiger partial charge in [0, 0.05) is 37.6 Å². The predicted octanol–water partition coefficient (Wildman–Crippen LogP) is 3.92. The van der Waals surface area contributed by atoms with Gasteiger partial charge in [0.25, 0.3) is 10.0 Å². The van der Waals surface area contributed by atoms with Gasteiger partial charge in [0.2, 0.25) is 0 Å². The molecule has 2 atom stereocenters. The predicted molar refractivity (Wildman–Crippen MR) is 125 cm³/mol. The largest absolute Gasteiger partial charge is 0.369 e. The Balaban J connectivity index is 1.46. The number of aromatic nitrogens is 2. The highest BCUT2D eigenvalue weighted by molar-refractivity contribution is 7.92. The number of hydrogen-bond acceptors (Lipinski definition) is 7. The molecule has 2 aromatic heterocycles. The molecule has 4 rings (SSSR count). The van der Waals surface area contributed by atoms with Crippen LogP contribution < -0.4 is 9.62 Å². The number of nitrogens with one attached hydrogen (secondary N) is 1. The van der Waals surface area contributed by atoms with E-state index in [1.807, 2.05) is 13.0 Å². The molecule has 0 aliphatic carbocycles. The van der Waals surface area contributed by atoms with Crippen molar-refractivity contribution < 1.29 is 8.42 Å². The quantitative estimate of drug-likeness (QED) is 0.579. The van der Waals surface area contributed by atoms with Crippen LogP contribution in [0.1, 0.15) is 30.5 Å². The zero-order valence-electron chi connectivity index (χ0n) is 17.9. The van der Waals surface area contributed by atoms with Gasteiger partial charge in [-0.2, -0.15) is 8.42 Å². The smallest absolute Gasteiger partial charge is 0.280 e. The van der Waals surface area contributed by atoms with Gasteiger partial charge in [-0.15, -0.1) is 11.3 Å². The fourth-order valence-electron chi connectivity index (χ4n) is 4.07. The topological polar surface area (TPSA) is 78.4 Å². The monoisotopic (exact) mass is 457 g/mol. The number of sulfonamides is 1. The Morgan fingerprint density at radius 1 is 1.26 bits per heavy atom. The van der Waals surface area contributed by atoms with Gasteiger partial charge < -0.3 is 4.90 Å². The lowest BCUT2D eigenvalue weighted by molar-refractivity contribution is 0.259. The van der Waals surface area contributed by atoms with Crippen molar-refractivity contribution in [3.63, 3.8) is 0 Å². The van der Waals surface area contributed by atoms with E-state index in [9.17, 15) is 8.42 Å². The molecule has 1 saturated heterocycles. The van der Waals surface area contributed by atoms with Crippen LogP contribution in [0.15, 0.2) is 58.5 Å². The third kappa shape index (κ3) is 4.73. The van der Waals surface area contributed by atoms with Crippen molar-refractivity contribution in [1.29, 1.82) is 0 Å². The summed E-state index contributed by atoms with van der Waals surface area (Å²) in [4.78, 5) is 13.0. The number of nitrogens with zero attached hydrogens (tertiary/aromatic N) is 4. The minimum absolute atomic E-state index is 0.000832. The Labute approximate surface area is 187 Å². The van der Waals surface area contributed by atoms with E-state index in [2.05, 4.69) is 62.7 Å². The van der Waals surface area contributed by atoms with Crippen molar-refractivity contribution in [3.8, 4) is 0 Å². The second-order valence-corrected chi connectivity index (χ2v) is 10.3. The molecule has 1 fully saturated rings. The van der Waals surface area contributed by atoms with Gasteiger partial charge in [-0.1, -0.05) is 30.3 Å². The second-order valence-electron chi connectivity index (χ2n) is 7.92. The van der Waals surface area contributed by atoms with Gasteiger partial charge in [-0.25, -0.2) is 9.97 Å². The van der Waals surface area contributed by atoms with Gasteiger partial charge in [-0.3, -0.25) is 9.62 Å². The molecule has 1 aromatic carbocycles. The van der Waals surface area contributed by atoms with E-state index >= 15 is 0 Å². The highest BCUT2D eigenvalue weighted by Crippen LogP contribution is 2.30. The van der Waals surface area contributed by atoms with E-state index in [-0.39, 0.29) is 5.03 Å². The maximum atomic E-state index is 12.6. The molecule has 3 aromatic rings. The van der Waals surface area contributed by atoms with Crippen LogP contribution in [0.3, 0.4) is 0 Å². The van der Waals surface area contributed by atoms with E-state index in [1.165, 1.54) is 16.9 Å². The molecule has 31 heavy (non-hydrogen) atoms.